The average molecular weight is 260 g/mol. The molecule has 1 aromatic heterocycles. The summed E-state index contributed by atoms with van der Waals surface area (Å²) < 4.78 is 4.68. The quantitative estimate of drug-likeness (QED) is 0.678. The SMILES string of the molecule is COC(=O)c1ccc(N)c(Sc2ccccn2)c1. The van der Waals surface area contributed by atoms with Crippen molar-refractivity contribution in [1.82, 2.24) is 4.98 Å². The molecule has 0 aliphatic rings. The van der Waals surface area contributed by atoms with Crippen molar-refractivity contribution in [3.05, 3.63) is 48.2 Å². The maximum absolute atomic E-state index is 11.4. The number of nitrogen functional groups attached to an aromatic ring is 1. The van der Waals surface area contributed by atoms with E-state index in [4.69, 9.17) is 5.73 Å². The molecule has 0 bridgehead atoms. The largest absolute Gasteiger partial charge is 0.465 e. The van der Waals surface area contributed by atoms with Crippen molar-refractivity contribution < 1.29 is 9.53 Å². The summed E-state index contributed by atoms with van der Waals surface area (Å²) in [5.74, 6) is -0.377. The first-order valence-corrected chi connectivity index (χ1v) is 6.09. The van der Waals surface area contributed by atoms with Gasteiger partial charge >= 0.3 is 5.97 Å². The highest BCUT2D eigenvalue weighted by Gasteiger charge is 2.09. The molecule has 92 valence electrons. The first-order valence-electron chi connectivity index (χ1n) is 5.27. The smallest absolute Gasteiger partial charge is 0.337 e. The normalized spacial score (nSPS) is 10.1. The van der Waals surface area contributed by atoms with Crippen molar-refractivity contribution in [1.29, 1.82) is 0 Å². The first kappa shape index (κ1) is 12.4. The Balaban J connectivity index is 2.30. The fourth-order valence-corrected chi connectivity index (χ4v) is 2.24. The Morgan fingerprint density at radius 1 is 1.33 bits per heavy atom. The predicted molar refractivity (Wildman–Crippen MR) is 70.6 cm³/mol. The van der Waals surface area contributed by atoms with E-state index in [0.717, 1.165) is 9.92 Å². The van der Waals surface area contributed by atoms with E-state index >= 15 is 0 Å². The second-order valence-electron chi connectivity index (χ2n) is 3.51. The second-order valence-corrected chi connectivity index (χ2v) is 4.58. The third-order valence-corrected chi connectivity index (χ3v) is 3.31. The summed E-state index contributed by atoms with van der Waals surface area (Å²) in [6, 6.07) is 10.7. The Kier molecular flexibility index (Phi) is 3.84. The van der Waals surface area contributed by atoms with Crippen molar-refractivity contribution >= 4 is 23.4 Å². The van der Waals surface area contributed by atoms with Crippen molar-refractivity contribution in [2.24, 2.45) is 0 Å². The maximum atomic E-state index is 11.4. The third-order valence-electron chi connectivity index (χ3n) is 2.29. The van der Waals surface area contributed by atoms with Crippen LogP contribution >= 0.6 is 11.8 Å². The number of benzene rings is 1. The molecule has 18 heavy (non-hydrogen) atoms. The summed E-state index contributed by atoms with van der Waals surface area (Å²) in [7, 11) is 1.35. The lowest BCUT2D eigenvalue weighted by molar-refractivity contribution is 0.0600. The molecule has 0 amide bonds. The zero-order valence-corrected chi connectivity index (χ0v) is 10.6. The van der Waals surface area contributed by atoms with Crippen LogP contribution in [0.15, 0.2) is 52.5 Å². The molecule has 0 spiro atoms. The number of hydrogen-bond acceptors (Lipinski definition) is 5. The standard InChI is InChI=1S/C13H12N2O2S/c1-17-13(16)9-5-6-10(14)11(8-9)18-12-4-2-3-7-15-12/h2-8H,14H2,1H3. The lowest BCUT2D eigenvalue weighted by Crippen LogP contribution is -2.02. The number of hydrogen-bond donors (Lipinski definition) is 1. The minimum absolute atomic E-state index is 0.377. The molecule has 2 N–H and O–H groups in total. The fraction of sp³-hybridized carbons (Fsp3) is 0.0769. The van der Waals surface area contributed by atoms with Gasteiger partial charge in [-0.3, -0.25) is 0 Å². The number of carbonyl (C=O) groups is 1. The number of esters is 1. The predicted octanol–water partition coefficient (Wildman–Crippen LogP) is 2.60. The molecule has 2 rings (SSSR count). The Morgan fingerprint density at radius 2 is 2.17 bits per heavy atom. The molecule has 1 heterocycles. The van der Waals surface area contributed by atoms with Crippen LogP contribution in [-0.2, 0) is 4.74 Å². The number of pyridine rings is 1. The number of ether oxygens (including phenoxy) is 1. The topological polar surface area (TPSA) is 65.2 Å². The Morgan fingerprint density at radius 3 is 2.83 bits per heavy atom. The summed E-state index contributed by atoms with van der Waals surface area (Å²) >= 11 is 1.41. The number of anilines is 1. The molecule has 0 radical (unpaired) electrons. The van der Waals surface area contributed by atoms with Crippen molar-refractivity contribution in [2.45, 2.75) is 9.92 Å². The summed E-state index contributed by atoms with van der Waals surface area (Å²) in [6.07, 6.45) is 1.71. The number of carbonyl (C=O) groups excluding carboxylic acids is 1. The molecular formula is C13H12N2O2S. The van der Waals surface area contributed by atoms with Crippen LogP contribution in [0, 0.1) is 0 Å². The van der Waals surface area contributed by atoms with Gasteiger partial charge in [0.2, 0.25) is 0 Å². The van der Waals surface area contributed by atoms with E-state index in [1.807, 2.05) is 18.2 Å². The number of methoxy groups -OCH3 is 1. The summed E-state index contributed by atoms with van der Waals surface area (Å²) in [6.45, 7) is 0. The molecule has 5 heteroatoms. The van der Waals surface area contributed by atoms with Gasteiger partial charge in [0.05, 0.1) is 12.7 Å². The van der Waals surface area contributed by atoms with Gasteiger partial charge in [-0.1, -0.05) is 17.8 Å². The van der Waals surface area contributed by atoms with E-state index in [-0.39, 0.29) is 5.97 Å². The van der Waals surface area contributed by atoms with E-state index < -0.39 is 0 Å². The van der Waals surface area contributed by atoms with Crippen LogP contribution in [0.5, 0.6) is 0 Å². The van der Waals surface area contributed by atoms with Crippen LogP contribution in [0.3, 0.4) is 0 Å². The molecule has 0 atom stereocenters. The molecule has 0 aliphatic heterocycles. The van der Waals surface area contributed by atoms with Gasteiger partial charge in [0, 0.05) is 16.8 Å². The van der Waals surface area contributed by atoms with Gasteiger partial charge in [-0.2, -0.15) is 0 Å². The number of nitrogens with zero attached hydrogens (tertiary/aromatic N) is 1. The minimum atomic E-state index is -0.377. The molecule has 1 aromatic carbocycles. The van der Waals surface area contributed by atoms with E-state index in [1.54, 1.807) is 24.4 Å². The van der Waals surface area contributed by atoms with Gasteiger partial charge in [-0.05, 0) is 30.3 Å². The number of nitrogens with two attached hydrogens (primary N) is 1. The van der Waals surface area contributed by atoms with Crippen molar-refractivity contribution in [3.8, 4) is 0 Å². The van der Waals surface area contributed by atoms with Crippen LogP contribution in [-0.4, -0.2) is 18.1 Å². The maximum Gasteiger partial charge on any atom is 0.337 e. The minimum Gasteiger partial charge on any atom is -0.465 e. The number of aromatic nitrogens is 1. The van der Waals surface area contributed by atoms with Gasteiger partial charge in [0.15, 0.2) is 0 Å². The van der Waals surface area contributed by atoms with Crippen LogP contribution < -0.4 is 5.73 Å². The van der Waals surface area contributed by atoms with Crippen molar-refractivity contribution in [2.75, 3.05) is 12.8 Å². The lowest BCUT2D eigenvalue weighted by atomic mass is 10.2. The van der Waals surface area contributed by atoms with Gasteiger partial charge < -0.3 is 10.5 Å². The monoisotopic (exact) mass is 260 g/mol. The van der Waals surface area contributed by atoms with Crippen molar-refractivity contribution in [3.63, 3.8) is 0 Å². The fourth-order valence-electron chi connectivity index (χ4n) is 1.39. The molecule has 2 aromatic rings. The molecule has 0 fully saturated rings. The van der Waals surface area contributed by atoms with Gasteiger partial charge in [0.25, 0.3) is 0 Å². The second kappa shape index (κ2) is 5.55. The van der Waals surface area contributed by atoms with Crippen LogP contribution in [0.2, 0.25) is 0 Å². The van der Waals surface area contributed by atoms with Gasteiger partial charge in [-0.25, -0.2) is 9.78 Å². The highest BCUT2D eigenvalue weighted by atomic mass is 32.2. The van der Waals surface area contributed by atoms with Crippen LogP contribution in [0.4, 0.5) is 5.69 Å². The summed E-state index contributed by atoms with van der Waals surface area (Å²) in [5.41, 5.74) is 6.96. The molecule has 0 aliphatic carbocycles. The highest BCUT2D eigenvalue weighted by Crippen LogP contribution is 2.31. The van der Waals surface area contributed by atoms with E-state index in [9.17, 15) is 4.79 Å². The van der Waals surface area contributed by atoms with E-state index in [0.29, 0.717) is 11.3 Å². The molecular weight excluding hydrogens is 248 g/mol. The first-order chi connectivity index (χ1) is 8.70. The van der Waals surface area contributed by atoms with E-state index in [2.05, 4.69) is 9.72 Å². The van der Waals surface area contributed by atoms with Crippen LogP contribution in [0.1, 0.15) is 10.4 Å². The zero-order valence-electron chi connectivity index (χ0n) is 9.79. The Hall–Kier alpha value is -2.01. The Bertz CT molecular complexity index is 558. The number of rotatable bonds is 3. The van der Waals surface area contributed by atoms with Gasteiger partial charge in [-0.15, -0.1) is 0 Å². The Labute approximate surface area is 109 Å². The molecule has 0 saturated carbocycles. The molecule has 4 nitrogen and oxygen atoms in total. The van der Waals surface area contributed by atoms with Crippen LogP contribution in [0.25, 0.3) is 0 Å². The molecule has 0 saturated heterocycles. The zero-order chi connectivity index (χ0) is 13.0. The molecule has 0 unspecified atom stereocenters. The lowest BCUT2D eigenvalue weighted by Gasteiger charge is -2.06. The third kappa shape index (κ3) is 2.81. The van der Waals surface area contributed by atoms with Gasteiger partial charge in [0.1, 0.15) is 5.03 Å². The van der Waals surface area contributed by atoms with E-state index in [1.165, 1.54) is 18.9 Å². The average Bonchev–Trinajstić information content (AvgIpc) is 2.41. The highest BCUT2D eigenvalue weighted by molar-refractivity contribution is 7.99. The summed E-state index contributed by atoms with van der Waals surface area (Å²) in [4.78, 5) is 16.4. The summed E-state index contributed by atoms with van der Waals surface area (Å²) in [5, 5.41) is 0.825.